The van der Waals surface area contributed by atoms with Crippen LogP contribution in [0.25, 0.3) is 11.1 Å². The molecule has 2 aliphatic rings. The van der Waals surface area contributed by atoms with Gasteiger partial charge in [0.05, 0.1) is 11.3 Å². The number of carbonyl (C=O) groups excluding carboxylic acids is 1. The average molecular weight is 465 g/mol. The molecule has 1 amide bonds. The fraction of sp³-hybridized carbons (Fsp3) is 0.500. The fourth-order valence-corrected chi connectivity index (χ4v) is 4.75. The largest absolute Gasteiger partial charge is 0.368 e. The number of pyridine rings is 1. The smallest absolute Gasteiger partial charge is 0.255 e. The number of carbonyl (C=O) groups is 1. The third-order valence-electron chi connectivity index (χ3n) is 6.51. The zero-order valence-corrected chi connectivity index (χ0v) is 18.7. The van der Waals surface area contributed by atoms with Crippen molar-refractivity contribution < 1.29 is 22.4 Å². The van der Waals surface area contributed by atoms with Gasteiger partial charge in [0.25, 0.3) is 5.91 Å². The van der Waals surface area contributed by atoms with Gasteiger partial charge in [-0.15, -0.1) is 0 Å². The van der Waals surface area contributed by atoms with E-state index in [-0.39, 0.29) is 42.9 Å². The van der Waals surface area contributed by atoms with Gasteiger partial charge in [0.2, 0.25) is 5.92 Å². The van der Waals surface area contributed by atoms with Crippen LogP contribution in [0, 0.1) is 18.6 Å². The molecule has 0 spiro atoms. The molecule has 1 saturated heterocycles. The van der Waals surface area contributed by atoms with Crippen molar-refractivity contribution in [3.8, 4) is 11.1 Å². The molecule has 0 unspecified atom stereocenters. The SMILES string of the molecule is Cc1ncc(C(=O)NC2CCC(F)(F)CC2)c(N2CC[C@](C)(N)C2)c1-c1cc(F)cc(F)c1. The molecular weight excluding hydrogens is 436 g/mol. The van der Waals surface area contributed by atoms with E-state index in [1.807, 2.05) is 11.8 Å². The van der Waals surface area contributed by atoms with Gasteiger partial charge in [-0.05, 0) is 50.8 Å². The normalized spacial score (nSPS) is 23.1. The number of aromatic nitrogens is 1. The maximum Gasteiger partial charge on any atom is 0.255 e. The van der Waals surface area contributed by atoms with Crippen LogP contribution >= 0.6 is 0 Å². The van der Waals surface area contributed by atoms with Crippen LogP contribution < -0.4 is 16.0 Å². The first kappa shape index (κ1) is 23.5. The van der Waals surface area contributed by atoms with Gasteiger partial charge in [-0.1, -0.05) is 0 Å². The number of alkyl halides is 2. The van der Waals surface area contributed by atoms with E-state index >= 15 is 0 Å². The lowest BCUT2D eigenvalue weighted by Gasteiger charge is -2.30. The number of rotatable bonds is 4. The monoisotopic (exact) mass is 464 g/mol. The van der Waals surface area contributed by atoms with Crippen LogP contribution in [0.2, 0.25) is 0 Å². The Morgan fingerprint density at radius 1 is 1.15 bits per heavy atom. The Hall–Kier alpha value is -2.68. The molecular formula is C24H28F4N4O. The highest BCUT2D eigenvalue weighted by Crippen LogP contribution is 2.40. The number of nitrogens with one attached hydrogen (secondary N) is 1. The maximum atomic E-state index is 14.1. The lowest BCUT2D eigenvalue weighted by atomic mass is 9.92. The molecule has 0 bridgehead atoms. The number of amides is 1. The number of nitrogens with two attached hydrogens (primary N) is 1. The minimum Gasteiger partial charge on any atom is -0.368 e. The third-order valence-corrected chi connectivity index (χ3v) is 6.51. The van der Waals surface area contributed by atoms with Gasteiger partial charge in [-0.2, -0.15) is 0 Å². The van der Waals surface area contributed by atoms with Crippen molar-refractivity contribution >= 4 is 11.6 Å². The minimum atomic E-state index is -2.70. The van der Waals surface area contributed by atoms with Gasteiger partial charge in [-0.3, -0.25) is 9.78 Å². The molecule has 178 valence electrons. The van der Waals surface area contributed by atoms with Crippen molar-refractivity contribution in [1.29, 1.82) is 0 Å². The van der Waals surface area contributed by atoms with E-state index in [1.165, 1.54) is 18.3 Å². The van der Waals surface area contributed by atoms with Gasteiger partial charge >= 0.3 is 0 Å². The Bertz CT molecular complexity index is 1040. The van der Waals surface area contributed by atoms with Gasteiger partial charge < -0.3 is 16.0 Å². The second-order valence-electron chi connectivity index (χ2n) is 9.57. The average Bonchev–Trinajstić information content (AvgIpc) is 3.08. The van der Waals surface area contributed by atoms with Crippen molar-refractivity contribution in [2.75, 3.05) is 18.0 Å². The molecule has 9 heteroatoms. The van der Waals surface area contributed by atoms with E-state index < -0.39 is 29.0 Å². The molecule has 2 fully saturated rings. The number of nitrogens with zero attached hydrogens (tertiary/aromatic N) is 2. The summed E-state index contributed by atoms with van der Waals surface area (Å²) in [6.07, 6.45) is 1.91. The summed E-state index contributed by atoms with van der Waals surface area (Å²) < 4.78 is 55.2. The zero-order valence-electron chi connectivity index (χ0n) is 18.7. The lowest BCUT2D eigenvalue weighted by Crippen LogP contribution is -2.42. The van der Waals surface area contributed by atoms with Crippen LogP contribution in [0.4, 0.5) is 23.2 Å². The third kappa shape index (κ3) is 5.13. The Kier molecular flexibility index (Phi) is 6.11. The Labute approximate surface area is 190 Å². The summed E-state index contributed by atoms with van der Waals surface area (Å²) in [6, 6.07) is 2.83. The molecule has 1 aliphatic heterocycles. The van der Waals surface area contributed by atoms with E-state index in [0.717, 1.165) is 6.07 Å². The van der Waals surface area contributed by atoms with Gasteiger partial charge in [0.15, 0.2) is 0 Å². The molecule has 1 aromatic carbocycles. The number of benzene rings is 1. The number of hydrogen-bond acceptors (Lipinski definition) is 4. The predicted molar refractivity (Wildman–Crippen MR) is 118 cm³/mol. The molecule has 2 aromatic rings. The molecule has 3 N–H and O–H groups in total. The summed E-state index contributed by atoms with van der Waals surface area (Å²) in [4.78, 5) is 19.6. The van der Waals surface area contributed by atoms with Gasteiger partial charge in [0.1, 0.15) is 11.6 Å². The quantitative estimate of drug-likeness (QED) is 0.651. The molecule has 2 heterocycles. The summed E-state index contributed by atoms with van der Waals surface area (Å²) in [5.41, 5.74) is 7.80. The second-order valence-corrected chi connectivity index (χ2v) is 9.57. The van der Waals surface area contributed by atoms with Crippen LogP contribution in [-0.2, 0) is 0 Å². The highest BCUT2D eigenvalue weighted by molar-refractivity contribution is 6.03. The van der Waals surface area contributed by atoms with Crippen LogP contribution in [0.3, 0.4) is 0 Å². The first-order valence-corrected chi connectivity index (χ1v) is 11.1. The molecule has 1 saturated carbocycles. The van der Waals surface area contributed by atoms with E-state index in [4.69, 9.17) is 5.73 Å². The van der Waals surface area contributed by atoms with Gasteiger partial charge in [0, 0.05) is 61.0 Å². The van der Waals surface area contributed by atoms with Gasteiger partial charge in [-0.25, -0.2) is 17.6 Å². The Morgan fingerprint density at radius 3 is 2.36 bits per heavy atom. The van der Waals surface area contributed by atoms with E-state index in [0.29, 0.717) is 36.5 Å². The van der Waals surface area contributed by atoms with E-state index in [2.05, 4.69) is 10.3 Å². The van der Waals surface area contributed by atoms with E-state index in [1.54, 1.807) is 6.92 Å². The molecule has 5 nitrogen and oxygen atoms in total. The van der Waals surface area contributed by atoms with E-state index in [9.17, 15) is 22.4 Å². The Balaban J connectivity index is 1.76. The van der Waals surface area contributed by atoms with Crippen LogP contribution in [0.15, 0.2) is 24.4 Å². The lowest BCUT2D eigenvalue weighted by molar-refractivity contribution is -0.0399. The predicted octanol–water partition coefficient (Wildman–Crippen LogP) is 4.57. The van der Waals surface area contributed by atoms with Crippen molar-refractivity contribution in [2.45, 2.75) is 63.5 Å². The number of halogens is 4. The number of hydrogen-bond donors (Lipinski definition) is 2. The first-order chi connectivity index (χ1) is 15.4. The molecule has 4 rings (SSSR count). The topological polar surface area (TPSA) is 71.2 Å². The van der Waals surface area contributed by atoms with Crippen LogP contribution in [0.5, 0.6) is 0 Å². The Morgan fingerprint density at radius 2 is 1.79 bits per heavy atom. The molecule has 1 aliphatic carbocycles. The van der Waals surface area contributed by atoms with Crippen LogP contribution in [0.1, 0.15) is 55.1 Å². The van der Waals surface area contributed by atoms with Crippen molar-refractivity contribution in [1.82, 2.24) is 10.3 Å². The highest BCUT2D eigenvalue weighted by atomic mass is 19.3. The zero-order chi connectivity index (χ0) is 24.0. The summed E-state index contributed by atoms with van der Waals surface area (Å²) in [7, 11) is 0. The van der Waals surface area contributed by atoms with Crippen molar-refractivity contribution in [2.24, 2.45) is 5.73 Å². The maximum absolute atomic E-state index is 14.1. The van der Waals surface area contributed by atoms with Crippen LogP contribution in [-0.4, -0.2) is 41.5 Å². The minimum absolute atomic E-state index is 0.180. The standard InChI is InChI=1S/C24H28F4N4O/c1-14-20(15-9-16(25)11-17(26)10-15)21(32-8-7-23(2,29)13-32)19(12-30-14)22(33)31-18-3-5-24(27,28)6-4-18/h9-12,18H,3-8,13,29H2,1-2H3,(H,31,33)/t23-/m0/s1. The molecule has 1 aromatic heterocycles. The first-order valence-electron chi connectivity index (χ1n) is 11.1. The fourth-order valence-electron chi connectivity index (χ4n) is 4.75. The summed E-state index contributed by atoms with van der Waals surface area (Å²) in [5.74, 6) is -4.62. The summed E-state index contributed by atoms with van der Waals surface area (Å²) >= 11 is 0. The molecule has 1 atom stereocenters. The number of aryl methyl sites for hydroxylation is 1. The van der Waals surface area contributed by atoms with Crippen molar-refractivity contribution in [3.05, 3.63) is 47.3 Å². The summed E-state index contributed by atoms with van der Waals surface area (Å²) in [6.45, 7) is 4.61. The summed E-state index contributed by atoms with van der Waals surface area (Å²) in [5, 5.41) is 2.86. The molecule has 0 radical (unpaired) electrons. The molecule has 33 heavy (non-hydrogen) atoms. The highest BCUT2D eigenvalue weighted by Gasteiger charge is 2.37. The second kappa shape index (κ2) is 8.59. The van der Waals surface area contributed by atoms with Crippen molar-refractivity contribution in [3.63, 3.8) is 0 Å². The number of anilines is 1.